The van der Waals surface area contributed by atoms with Crippen molar-refractivity contribution in [1.82, 2.24) is 14.6 Å². The van der Waals surface area contributed by atoms with Crippen molar-refractivity contribution in [2.75, 3.05) is 18.5 Å². The highest BCUT2D eigenvalue weighted by molar-refractivity contribution is 5.67. The highest BCUT2D eigenvalue weighted by atomic mass is 16.3. The summed E-state index contributed by atoms with van der Waals surface area (Å²) in [4.78, 5) is 4.44. The minimum Gasteiger partial charge on any atom is -0.396 e. The van der Waals surface area contributed by atoms with E-state index in [2.05, 4.69) is 42.2 Å². The van der Waals surface area contributed by atoms with Gasteiger partial charge in [0.25, 0.3) is 0 Å². The minimum absolute atomic E-state index is 0.244. The Kier molecular flexibility index (Phi) is 5.56. The molecule has 0 radical (unpaired) electrons. The molecular weight excluding hydrogens is 264 g/mol. The molecule has 2 rings (SSSR count). The second kappa shape index (κ2) is 7.41. The van der Waals surface area contributed by atoms with Crippen LogP contribution in [0.4, 0.5) is 5.82 Å². The maximum Gasteiger partial charge on any atom is 0.152 e. The quantitative estimate of drug-likeness (QED) is 0.784. The molecule has 5 heteroatoms. The molecule has 116 valence electrons. The normalized spacial score (nSPS) is 13.0. The number of rotatable bonds is 8. The van der Waals surface area contributed by atoms with Crippen LogP contribution in [0.1, 0.15) is 51.6 Å². The number of hydrogen-bond donors (Lipinski definition) is 2. The molecule has 0 saturated carbocycles. The van der Waals surface area contributed by atoms with Gasteiger partial charge in [-0.2, -0.15) is 5.10 Å². The molecule has 0 aliphatic carbocycles. The molecule has 0 spiro atoms. The minimum atomic E-state index is 0.244. The molecule has 5 nitrogen and oxygen atoms in total. The van der Waals surface area contributed by atoms with Crippen LogP contribution < -0.4 is 5.32 Å². The van der Waals surface area contributed by atoms with Crippen LogP contribution in [0.5, 0.6) is 0 Å². The Hall–Kier alpha value is -1.62. The molecule has 2 heterocycles. The Labute approximate surface area is 126 Å². The molecule has 2 N–H and O–H groups in total. The molecule has 0 aromatic carbocycles. The number of aliphatic hydroxyl groups excluding tert-OH is 1. The Balaban J connectivity index is 2.14. The van der Waals surface area contributed by atoms with Crippen molar-refractivity contribution in [1.29, 1.82) is 0 Å². The van der Waals surface area contributed by atoms with Crippen LogP contribution in [0, 0.1) is 5.92 Å². The van der Waals surface area contributed by atoms with Crippen molar-refractivity contribution in [2.45, 2.75) is 46.0 Å². The van der Waals surface area contributed by atoms with Crippen LogP contribution in [-0.2, 0) is 0 Å². The lowest BCUT2D eigenvalue weighted by Crippen LogP contribution is -2.16. The summed E-state index contributed by atoms with van der Waals surface area (Å²) < 4.78 is 1.88. The van der Waals surface area contributed by atoms with E-state index in [0.717, 1.165) is 42.8 Å². The van der Waals surface area contributed by atoms with Crippen molar-refractivity contribution in [3.63, 3.8) is 0 Å². The smallest absolute Gasteiger partial charge is 0.152 e. The van der Waals surface area contributed by atoms with Crippen LogP contribution >= 0.6 is 0 Å². The van der Waals surface area contributed by atoms with E-state index in [9.17, 15) is 0 Å². The third kappa shape index (κ3) is 3.94. The van der Waals surface area contributed by atoms with Crippen molar-refractivity contribution < 1.29 is 5.11 Å². The average Bonchev–Trinajstić information content (AvgIpc) is 2.90. The summed E-state index contributed by atoms with van der Waals surface area (Å²) in [5, 5.41) is 17.1. The molecule has 0 bridgehead atoms. The van der Waals surface area contributed by atoms with Gasteiger partial charge in [0.15, 0.2) is 5.82 Å². The Morgan fingerprint density at radius 3 is 2.81 bits per heavy atom. The monoisotopic (exact) mass is 290 g/mol. The van der Waals surface area contributed by atoms with Gasteiger partial charge in [-0.25, -0.2) is 9.50 Å². The summed E-state index contributed by atoms with van der Waals surface area (Å²) in [5.74, 6) is 1.76. The Morgan fingerprint density at radius 2 is 2.14 bits per heavy atom. The van der Waals surface area contributed by atoms with Crippen molar-refractivity contribution in [2.24, 2.45) is 5.92 Å². The predicted molar refractivity (Wildman–Crippen MR) is 85.7 cm³/mol. The summed E-state index contributed by atoms with van der Waals surface area (Å²) in [7, 11) is 0. The lowest BCUT2D eigenvalue weighted by molar-refractivity contribution is 0.255. The van der Waals surface area contributed by atoms with Gasteiger partial charge >= 0.3 is 0 Å². The van der Waals surface area contributed by atoms with Gasteiger partial charge in [-0.3, -0.25) is 0 Å². The van der Waals surface area contributed by atoms with Gasteiger partial charge < -0.3 is 10.4 Å². The van der Waals surface area contributed by atoms with Crippen LogP contribution in [-0.4, -0.2) is 32.9 Å². The SMILES string of the molecule is CCCC(CCO)CNc1nccn2nc(C(C)C)cc12. The van der Waals surface area contributed by atoms with E-state index >= 15 is 0 Å². The van der Waals surface area contributed by atoms with Crippen LogP contribution in [0.3, 0.4) is 0 Å². The van der Waals surface area contributed by atoms with E-state index < -0.39 is 0 Å². The van der Waals surface area contributed by atoms with Gasteiger partial charge in [-0.05, 0) is 30.7 Å². The zero-order chi connectivity index (χ0) is 15.2. The molecule has 0 aliphatic heterocycles. The lowest BCUT2D eigenvalue weighted by atomic mass is 10.0. The van der Waals surface area contributed by atoms with Crippen molar-refractivity contribution in [3.05, 3.63) is 24.2 Å². The third-order valence-corrected chi connectivity index (χ3v) is 3.79. The van der Waals surface area contributed by atoms with Gasteiger partial charge in [0.1, 0.15) is 5.52 Å². The first-order valence-electron chi connectivity index (χ1n) is 7.84. The first-order valence-corrected chi connectivity index (χ1v) is 7.84. The second-order valence-corrected chi connectivity index (χ2v) is 5.88. The second-order valence-electron chi connectivity index (χ2n) is 5.88. The van der Waals surface area contributed by atoms with Crippen molar-refractivity contribution in [3.8, 4) is 0 Å². The fourth-order valence-corrected chi connectivity index (χ4v) is 2.54. The summed E-state index contributed by atoms with van der Waals surface area (Å²) in [5.41, 5.74) is 2.09. The lowest BCUT2D eigenvalue weighted by Gasteiger charge is -2.16. The number of aromatic nitrogens is 3. The van der Waals surface area contributed by atoms with Gasteiger partial charge in [-0.1, -0.05) is 27.2 Å². The maximum absolute atomic E-state index is 9.14. The first-order chi connectivity index (χ1) is 10.2. The highest BCUT2D eigenvalue weighted by Crippen LogP contribution is 2.20. The van der Waals surface area contributed by atoms with E-state index in [0.29, 0.717) is 11.8 Å². The standard InChI is InChI=1S/C16H26N4O/c1-4-5-13(6-9-21)11-18-16-15-10-14(12(2)3)19-20(15)8-7-17-16/h7-8,10,12-13,21H,4-6,9,11H2,1-3H3,(H,17,18). The fourth-order valence-electron chi connectivity index (χ4n) is 2.54. The summed E-state index contributed by atoms with van der Waals surface area (Å²) in [6.07, 6.45) is 6.73. The molecule has 2 aromatic rings. The molecular formula is C16H26N4O. The van der Waals surface area contributed by atoms with Gasteiger partial charge in [0.2, 0.25) is 0 Å². The van der Waals surface area contributed by atoms with Crippen LogP contribution in [0.15, 0.2) is 18.5 Å². The van der Waals surface area contributed by atoms with E-state index in [-0.39, 0.29) is 6.61 Å². The fraction of sp³-hybridized carbons (Fsp3) is 0.625. The van der Waals surface area contributed by atoms with Gasteiger partial charge in [0.05, 0.1) is 5.69 Å². The van der Waals surface area contributed by atoms with E-state index in [1.165, 1.54) is 0 Å². The van der Waals surface area contributed by atoms with E-state index in [4.69, 9.17) is 5.11 Å². The highest BCUT2D eigenvalue weighted by Gasteiger charge is 2.12. The zero-order valence-electron chi connectivity index (χ0n) is 13.2. The van der Waals surface area contributed by atoms with Crippen LogP contribution in [0.2, 0.25) is 0 Å². The molecule has 0 amide bonds. The van der Waals surface area contributed by atoms with Crippen LogP contribution in [0.25, 0.3) is 5.52 Å². The van der Waals surface area contributed by atoms with Gasteiger partial charge in [-0.15, -0.1) is 0 Å². The number of hydrogen-bond acceptors (Lipinski definition) is 4. The van der Waals surface area contributed by atoms with Gasteiger partial charge in [0, 0.05) is 25.5 Å². The summed E-state index contributed by atoms with van der Waals surface area (Å²) >= 11 is 0. The number of aliphatic hydroxyl groups is 1. The topological polar surface area (TPSA) is 62.5 Å². The molecule has 0 saturated heterocycles. The Bertz CT molecular complexity index is 558. The molecule has 0 fully saturated rings. The molecule has 1 atom stereocenters. The Morgan fingerprint density at radius 1 is 1.33 bits per heavy atom. The maximum atomic E-state index is 9.14. The molecule has 0 aliphatic rings. The largest absolute Gasteiger partial charge is 0.396 e. The molecule has 1 unspecified atom stereocenters. The average molecular weight is 290 g/mol. The predicted octanol–water partition coefficient (Wildman–Crippen LogP) is 3.06. The number of nitrogens with one attached hydrogen (secondary N) is 1. The number of anilines is 1. The zero-order valence-corrected chi connectivity index (χ0v) is 13.2. The van der Waals surface area contributed by atoms with E-state index in [1.807, 2.05) is 10.7 Å². The molecule has 2 aromatic heterocycles. The number of nitrogens with zero attached hydrogens (tertiary/aromatic N) is 3. The summed E-state index contributed by atoms with van der Waals surface area (Å²) in [6, 6.07) is 2.10. The third-order valence-electron chi connectivity index (χ3n) is 3.79. The molecule has 21 heavy (non-hydrogen) atoms. The summed E-state index contributed by atoms with van der Waals surface area (Å²) in [6.45, 7) is 7.54. The van der Waals surface area contributed by atoms with Crippen molar-refractivity contribution >= 4 is 11.3 Å². The van der Waals surface area contributed by atoms with E-state index in [1.54, 1.807) is 6.20 Å². The number of fused-ring (bicyclic) bond motifs is 1. The first kappa shape index (κ1) is 15.8.